The zero-order valence-electron chi connectivity index (χ0n) is 11.4. The predicted molar refractivity (Wildman–Crippen MR) is 81.9 cm³/mol. The largest absolute Gasteiger partial charge is 0.398 e. The van der Waals surface area contributed by atoms with Gasteiger partial charge in [-0.05, 0) is 43.0 Å². The molecule has 0 atom stereocenters. The van der Waals surface area contributed by atoms with E-state index in [-0.39, 0.29) is 5.91 Å². The van der Waals surface area contributed by atoms with E-state index in [1.54, 1.807) is 12.1 Å². The second-order valence-electron chi connectivity index (χ2n) is 5.13. The average Bonchev–Trinajstić information content (AvgIpc) is 2.69. The fourth-order valence-electron chi connectivity index (χ4n) is 2.74. The summed E-state index contributed by atoms with van der Waals surface area (Å²) in [6, 6.07) is 15.4. The van der Waals surface area contributed by atoms with Crippen LogP contribution in [0.1, 0.15) is 28.8 Å². The summed E-state index contributed by atoms with van der Waals surface area (Å²) in [5.74, 6) is -0.00236. The van der Waals surface area contributed by atoms with Gasteiger partial charge in [0.1, 0.15) is 0 Å². The molecule has 0 bridgehead atoms. The molecule has 0 fully saturated rings. The highest BCUT2D eigenvalue weighted by molar-refractivity contribution is 6.09. The Hall–Kier alpha value is -2.29. The second kappa shape index (κ2) is 5.37. The Balaban J connectivity index is 2.02. The molecule has 102 valence electrons. The molecular weight excluding hydrogens is 248 g/mol. The third-order valence-corrected chi connectivity index (χ3v) is 3.80. The number of carbonyl (C=O) groups is 1. The predicted octanol–water partition coefficient (Wildman–Crippen LogP) is 3.25. The number of aryl methyl sites for hydroxylation is 1. The van der Waals surface area contributed by atoms with Crippen LogP contribution >= 0.6 is 0 Å². The van der Waals surface area contributed by atoms with E-state index in [1.165, 1.54) is 5.56 Å². The van der Waals surface area contributed by atoms with E-state index < -0.39 is 0 Å². The standard InChI is InChI=1S/C17H18N2O/c18-15-10-3-2-9-14(15)17(20)19-12-6-5-8-13-7-1-4-11-16(13)19/h1-4,7,9-11H,5-6,8,12,18H2. The van der Waals surface area contributed by atoms with Gasteiger partial charge in [0.05, 0.1) is 5.56 Å². The lowest BCUT2D eigenvalue weighted by molar-refractivity contribution is 0.0988. The van der Waals surface area contributed by atoms with Gasteiger partial charge < -0.3 is 10.6 Å². The first-order valence-electron chi connectivity index (χ1n) is 7.01. The molecular formula is C17H18N2O. The molecule has 0 unspecified atom stereocenters. The number of nitrogen functional groups attached to an aromatic ring is 1. The number of hydrogen-bond donors (Lipinski definition) is 1. The van der Waals surface area contributed by atoms with E-state index in [4.69, 9.17) is 5.73 Å². The van der Waals surface area contributed by atoms with E-state index in [2.05, 4.69) is 6.07 Å². The Morgan fingerprint density at radius 2 is 1.75 bits per heavy atom. The van der Waals surface area contributed by atoms with Crippen molar-refractivity contribution >= 4 is 17.3 Å². The SMILES string of the molecule is Nc1ccccc1C(=O)N1CCCCc2ccccc21. The van der Waals surface area contributed by atoms with Crippen LogP contribution in [0.25, 0.3) is 0 Å². The fraction of sp³-hybridized carbons (Fsp3) is 0.235. The molecule has 2 aromatic carbocycles. The van der Waals surface area contributed by atoms with Gasteiger partial charge in [-0.3, -0.25) is 4.79 Å². The van der Waals surface area contributed by atoms with Gasteiger partial charge >= 0.3 is 0 Å². The molecule has 3 rings (SSSR count). The highest BCUT2D eigenvalue weighted by atomic mass is 16.2. The highest BCUT2D eigenvalue weighted by Gasteiger charge is 2.23. The molecule has 2 N–H and O–H groups in total. The number of carbonyl (C=O) groups excluding carboxylic acids is 1. The summed E-state index contributed by atoms with van der Waals surface area (Å²) in [4.78, 5) is 14.7. The van der Waals surface area contributed by atoms with E-state index in [0.29, 0.717) is 11.3 Å². The number of para-hydroxylation sites is 2. The summed E-state index contributed by atoms with van der Waals surface area (Å²) in [6.45, 7) is 0.754. The number of nitrogens with two attached hydrogens (primary N) is 1. The molecule has 3 nitrogen and oxygen atoms in total. The first kappa shape index (κ1) is 12.7. The number of hydrogen-bond acceptors (Lipinski definition) is 2. The van der Waals surface area contributed by atoms with Crippen molar-refractivity contribution in [1.82, 2.24) is 0 Å². The molecule has 0 saturated carbocycles. The van der Waals surface area contributed by atoms with Crippen LogP contribution in [-0.4, -0.2) is 12.5 Å². The first-order chi connectivity index (χ1) is 9.77. The van der Waals surface area contributed by atoms with Crippen LogP contribution in [0, 0.1) is 0 Å². The van der Waals surface area contributed by atoms with Crippen LogP contribution < -0.4 is 10.6 Å². The fourth-order valence-corrected chi connectivity index (χ4v) is 2.74. The maximum absolute atomic E-state index is 12.8. The van der Waals surface area contributed by atoms with Crippen LogP contribution in [0.5, 0.6) is 0 Å². The monoisotopic (exact) mass is 266 g/mol. The van der Waals surface area contributed by atoms with Gasteiger partial charge in [-0.25, -0.2) is 0 Å². The molecule has 1 heterocycles. The molecule has 0 aromatic heterocycles. The van der Waals surface area contributed by atoms with Gasteiger partial charge in [0.15, 0.2) is 0 Å². The molecule has 0 spiro atoms. The topological polar surface area (TPSA) is 46.3 Å². The van der Waals surface area contributed by atoms with Gasteiger partial charge in [-0.15, -0.1) is 0 Å². The number of nitrogens with zero attached hydrogens (tertiary/aromatic N) is 1. The van der Waals surface area contributed by atoms with Gasteiger partial charge in [-0.1, -0.05) is 30.3 Å². The number of benzene rings is 2. The Labute approximate surface area is 119 Å². The third kappa shape index (κ3) is 2.27. The van der Waals surface area contributed by atoms with Gasteiger partial charge in [0.2, 0.25) is 0 Å². The molecule has 1 aliphatic heterocycles. The minimum Gasteiger partial charge on any atom is -0.398 e. The summed E-state index contributed by atoms with van der Waals surface area (Å²) >= 11 is 0. The van der Waals surface area contributed by atoms with Crippen molar-refractivity contribution < 1.29 is 4.79 Å². The summed E-state index contributed by atoms with van der Waals surface area (Å²) in [5, 5.41) is 0. The van der Waals surface area contributed by atoms with Crippen LogP contribution in [0.3, 0.4) is 0 Å². The normalized spacial score (nSPS) is 14.5. The third-order valence-electron chi connectivity index (χ3n) is 3.80. The van der Waals surface area contributed by atoms with Crippen LogP contribution in [0.2, 0.25) is 0 Å². The van der Waals surface area contributed by atoms with Gasteiger partial charge in [0.25, 0.3) is 5.91 Å². The lowest BCUT2D eigenvalue weighted by Gasteiger charge is -2.23. The Kier molecular flexibility index (Phi) is 3.42. The van der Waals surface area contributed by atoms with Crippen molar-refractivity contribution in [3.63, 3.8) is 0 Å². The zero-order valence-corrected chi connectivity index (χ0v) is 11.4. The smallest absolute Gasteiger partial charge is 0.260 e. The number of fused-ring (bicyclic) bond motifs is 1. The van der Waals surface area contributed by atoms with Crippen molar-refractivity contribution in [1.29, 1.82) is 0 Å². The lowest BCUT2D eigenvalue weighted by Crippen LogP contribution is -2.32. The summed E-state index contributed by atoms with van der Waals surface area (Å²) in [7, 11) is 0. The summed E-state index contributed by atoms with van der Waals surface area (Å²) < 4.78 is 0. The van der Waals surface area contributed by atoms with Crippen molar-refractivity contribution in [2.24, 2.45) is 0 Å². The van der Waals surface area contributed by atoms with Crippen molar-refractivity contribution in [2.75, 3.05) is 17.2 Å². The van der Waals surface area contributed by atoms with Crippen LogP contribution in [0.15, 0.2) is 48.5 Å². The zero-order chi connectivity index (χ0) is 13.9. The van der Waals surface area contributed by atoms with Crippen molar-refractivity contribution in [3.8, 4) is 0 Å². The molecule has 20 heavy (non-hydrogen) atoms. The van der Waals surface area contributed by atoms with Crippen LogP contribution in [-0.2, 0) is 6.42 Å². The van der Waals surface area contributed by atoms with E-state index >= 15 is 0 Å². The second-order valence-corrected chi connectivity index (χ2v) is 5.13. The van der Waals surface area contributed by atoms with Crippen molar-refractivity contribution in [3.05, 3.63) is 59.7 Å². The maximum Gasteiger partial charge on any atom is 0.260 e. The molecule has 0 aliphatic carbocycles. The Morgan fingerprint density at radius 3 is 2.60 bits per heavy atom. The molecule has 1 amide bonds. The number of amides is 1. The van der Waals surface area contributed by atoms with Gasteiger partial charge in [-0.2, -0.15) is 0 Å². The Morgan fingerprint density at radius 1 is 1.00 bits per heavy atom. The van der Waals surface area contributed by atoms with E-state index in [0.717, 1.165) is 31.5 Å². The molecule has 0 radical (unpaired) electrons. The summed E-state index contributed by atoms with van der Waals surface area (Å²) in [6.07, 6.45) is 3.17. The maximum atomic E-state index is 12.8. The number of rotatable bonds is 1. The number of anilines is 2. The highest BCUT2D eigenvalue weighted by Crippen LogP contribution is 2.28. The molecule has 2 aromatic rings. The summed E-state index contributed by atoms with van der Waals surface area (Å²) in [5.41, 5.74) is 9.34. The van der Waals surface area contributed by atoms with E-state index in [9.17, 15) is 4.79 Å². The van der Waals surface area contributed by atoms with E-state index in [1.807, 2.05) is 35.2 Å². The molecule has 3 heteroatoms. The molecule has 1 aliphatic rings. The van der Waals surface area contributed by atoms with Crippen LogP contribution in [0.4, 0.5) is 11.4 Å². The lowest BCUT2D eigenvalue weighted by atomic mass is 10.1. The minimum absolute atomic E-state index is 0.00236. The Bertz CT molecular complexity index is 636. The average molecular weight is 266 g/mol. The van der Waals surface area contributed by atoms with Gasteiger partial charge in [0, 0.05) is 17.9 Å². The molecule has 0 saturated heterocycles. The minimum atomic E-state index is -0.00236. The van der Waals surface area contributed by atoms with Crippen molar-refractivity contribution in [2.45, 2.75) is 19.3 Å². The first-order valence-corrected chi connectivity index (χ1v) is 7.01. The quantitative estimate of drug-likeness (QED) is 0.805.